The smallest absolute Gasteiger partial charge is 0.337 e. The number of rotatable bonds is 2. The van der Waals surface area contributed by atoms with Gasteiger partial charge in [-0.25, -0.2) is 4.79 Å². The lowest BCUT2D eigenvalue weighted by Crippen LogP contribution is -2.11. The molecule has 1 aromatic carbocycles. The van der Waals surface area contributed by atoms with Gasteiger partial charge in [0, 0.05) is 13.6 Å². The fourth-order valence-corrected chi connectivity index (χ4v) is 1.84. The third kappa shape index (κ3) is 2.65. The predicted molar refractivity (Wildman–Crippen MR) is 59.5 cm³/mol. The van der Waals surface area contributed by atoms with Gasteiger partial charge >= 0.3 is 5.97 Å². The molecule has 0 aliphatic carbocycles. The van der Waals surface area contributed by atoms with Gasteiger partial charge < -0.3 is 10.2 Å². The molecule has 13 heavy (non-hydrogen) atoms. The second-order valence-electron chi connectivity index (χ2n) is 2.41. The number of halogens is 2. The minimum atomic E-state index is -1.47. The quantitative estimate of drug-likeness (QED) is 0.798. The van der Waals surface area contributed by atoms with E-state index >= 15 is 0 Å². The normalized spacial score (nSPS) is 12.5. The predicted octanol–water partition coefficient (Wildman–Crippen LogP) is 2.17. The Balaban J connectivity index is 3.12. The molecule has 1 aromatic rings. The van der Waals surface area contributed by atoms with Crippen LogP contribution in [0.1, 0.15) is 11.7 Å². The molecule has 0 spiro atoms. The minimum absolute atomic E-state index is 0.374. The van der Waals surface area contributed by atoms with Crippen LogP contribution in [0.5, 0.6) is 0 Å². The van der Waals surface area contributed by atoms with Gasteiger partial charge in [0.1, 0.15) is 0 Å². The van der Waals surface area contributed by atoms with Crippen molar-refractivity contribution in [2.75, 3.05) is 0 Å². The summed E-state index contributed by atoms with van der Waals surface area (Å²) in [5.74, 6) is -1.25. The molecule has 0 radical (unpaired) electrons. The fraction of sp³-hybridized carbons (Fsp3) is 0.125. The monoisotopic (exact) mass is 356 g/mol. The Bertz CT molecular complexity index is 340. The molecular weight excluding hydrogens is 351 g/mol. The van der Waals surface area contributed by atoms with Crippen LogP contribution in [0.2, 0.25) is 0 Å². The summed E-state index contributed by atoms with van der Waals surface area (Å²) in [5.41, 5.74) is 0.374. The van der Waals surface area contributed by atoms with Crippen LogP contribution >= 0.6 is 38.5 Å². The first kappa shape index (κ1) is 10.9. The average Bonchev–Trinajstić information content (AvgIpc) is 2.08. The zero-order valence-corrected chi connectivity index (χ0v) is 10.1. The highest BCUT2D eigenvalue weighted by Crippen LogP contribution is 2.25. The standard InChI is InChI=1S/C8H6BrIO3/c9-6-2-1-4(10)3-5(6)7(11)8(12)13/h1-3,7,11H,(H,12,13)/t7-/m0/s1. The van der Waals surface area contributed by atoms with E-state index in [1.54, 1.807) is 12.1 Å². The van der Waals surface area contributed by atoms with Gasteiger partial charge in [0.15, 0.2) is 6.10 Å². The minimum Gasteiger partial charge on any atom is -0.479 e. The molecule has 3 nitrogen and oxygen atoms in total. The van der Waals surface area contributed by atoms with E-state index in [-0.39, 0.29) is 0 Å². The molecule has 0 heterocycles. The summed E-state index contributed by atoms with van der Waals surface area (Å²) >= 11 is 5.23. The van der Waals surface area contributed by atoms with Gasteiger partial charge in [-0.05, 0) is 40.8 Å². The maximum absolute atomic E-state index is 10.5. The van der Waals surface area contributed by atoms with Crippen molar-refractivity contribution < 1.29 is 15.0 Å². The van der Waals surface area contributed by atoms with Crippen molar-refractivity contribution in [2.45, 2.75) is 6.10 Å². The van der Waals surface area contributed by atoms with E-state index in [0.29, 0.717) is 10.0 Å². The maximum Gasteiger partial charge on any atom is 0.337 e. The van der Waals surface area contributed by atoms with Crippen LogP contribution in [-0.2, 0) is 4.79 Å². The Kier molecular flexibility index (Phi) is 3.69. The highest BCUT2D eigenvalue weighted by Gasteiger charge is 2.18. The molecule has 5 heteroatoms. The second-order valence-corrected chi connectivity index (χ2v) is 4.51. The summed E-state index contributed by atoms with van der Waals surface area (Å²) in [5, 5.41) is 17.8. The topological polar surface area (TPSA) is 57.5 Å². The number of carbonyl (C=O) groups is 1. The molecule has 2 N–H and O–H groups in total. The van der Waals surface area contributed by atoms with Crippen molar-refractivity contribution in [2.24, 2.45) is 0 Å². The molecule has 0 bridgehead atoms. The third-order valence-corrected chi connectivity index (χ3v) is 2.88. The van der Waals surface area contributed by atoms with Crippen LogP contribution < -0.4 is 0 Å². The van der Waals surface area contributed by atoms with Crippen LogP contribution in [0, 0.1) is 3.57 Å². The molecule has 0 aliphatic rings. The molecule has 0 fully saturated rings. The van der Waals surface area contributed by atoms with Gasteiger partial charge in [0.2, 0.25) is 0 Å². The Morgan fingerprint density at radius 3 is 2.69 bits per heavy atom. The van der Waals surface area contributed by atoms with Gasteiger partial charge in [-0.2, -0.15) is 0 Å². The zero-order chi connectivity index (χ0) is 10.0. The first-order chi connectivity index (χ1) is 6.02. The van der Waals surface area contributed by atoms with E-state index < -0.39 is 12.1 Å². The number of aliphatic hydroxyl groups excluding tert-OH is 1. The highest BCUT2D eigenvalue weighted by atomic mass is 127. The van der Waals surface area contributed by atoms with E-state index in [9.17, 15) is 9.90 Å². The van der Waals surface area contributed by atoms with E-state index in [1.807, 2.05) is 6.07 Å². The Labute approximate surface area is 97.0 Å². The van der Waals surface area contributed by atoms with Crippen LogP contribution in [-0.4, -0.2) is 16.2 Å². The Hall–Kier alpha value is -0.140. The summed E-state index contributed by atoms with van der Waals surface area (Å²) in [6, 6.07) is 5.16. The fourth-order valence-electron chi connectivity index (χ4n) is 0.857. The molecule has 0 aromatic heterocycles. The van der Waals surface area contributed by atoms with Crippen LogP contribution in [0.25, 0.3) is 0 Å². The van der Waals surface area contributed by atoms with Crippen LogP contribution in [0.4, 0.5) is 0 Å². The number of hydrogen-bond donors (Lipinski definition) is 2. The van der Waals surface area contributed by atoms with Crippen LogP contribution in [0.15, 0.2) is 22.7 Å². The number of benzene rings is 1. The van der Waals surface area contributed by atoms with Crippen molar-refractivity contribution >= 4 is 44.5 Å². The highest BCUT2D eigenvalue weighted by molar-refractivity contribution is 14.1. The van der Waals surface area contributed by atoms with E-state index in [2.05, 4.69) is 38.5 Å². The molecule has 1 rings (SSSR count). The Morgan fingerprint density at radius 2 is 2.15 bits per heavy atom. The van der Waals surface area contributed by atoms with Gasteiger partial charge in [0.05, 0.1) is 0 Å². The van der Waals surface area contributed by atoms with E-state index in [0.717, 1.165) is 3.57 Å². The molecular formula is C8H6BrIO3. The Morgan fingerprint density at radius 1 is 1.54 bits per heavy atom. The molecule has 0 amide bonds. The number of hydrogen-bond acceptors (Lipinski definition) is 2. The number of aliphatic hydroxyl groups is 1. The molecule has 0 saturated carbocycles. The first-order valence-electron chi connectivity index (χ1n) is 3.38. The lowest BCUT2D eigenvalue weighted by molar-refractivity contribution is -0.147. The molecule has 1 atom stereocenters. The number of aliphatic carboxylic acids is 1. The molecule has 0 aliphatic heterocycles. The summed E-state index contributed by atoms with van der Waals surface area (Å²) in [6.45, 7) is 0. The zero-order valence-electron chi connectivity index (χ0n) is 6.37. The molecule has 0 unspecified atom stereocenters. The molecule has 70 valence electrons. The summed E-state index contributed by atoms with van der Waals surface area (Å²) in [7, 11) is 0. The lowest BCUT2D eigenvalue weighted by atomic mass is 10.1. The summed E-state index contributed by atoms with van der Waals surface area (Å²) < 4.78 is 1.49. The van der Waals surface area contributed by atoms with Gasteiger partial charge in [-0.1, -0.05) is 15.9 Å². The van der Waals surface area contributed by atoms with E-state index in [4.69, 9.17) is 5.11 Å². The summed E-state index contributed by atoms with van der Waals surface area (Å²) in [6.07, 6.45) is -1.47. The maximum atomic E-state index is 10.5. The van der Waals surface area contributed by atoms with Crippen molar-refractivity contribution in [3.8, 4) is 0 Å². The number of carboxylic acid groups (broad SMARTS) is 1. The summed E-state index contributed by atoms with van der Waals surface area (Å²) in [4.78, 5) is 10.5. The van der Waals surface area contributed by atoms with Gasteiger partial charge in [-0.3, -0.25) is 0 Å². The lowest BCUT2D eigenvalue weighted by Gasteiger charge is -2.08. The van der Waals surface area contributed by atoms with Crippen molar-refractivity contribution in [3.05, 3.63) is 31.8 Å². The average molecular weight is 357 g/mol. The van der Waals surface area contributed by atoms with E-state index in [1.165, 1.54) is 0 Å². The second kappa shape index (κ2) is 4.39. The van der Waals surface area contributed by atoms with Crippen molar-refractivity contribution in [1.82, 2.24) is 0 Å². The van der Waals surface area contributed by atoms with Crippen molar-refractivity contribution in [1.29, 1.82) is 0 Å². The molecule has 0 saturated heterocycles. The van der Waals surface area contributed by atoms with Gasteiger partial charge in [-0.15, -0.1) is 0 Å². The SMILES string of the molecule is O=C(O)[C@@H](O)c1cc(I)ccc1Br. The van der Waals surface area contributed by atoms with Crippen molar-refractivity contribution in [3.63, 3.8) is 0 Å². The largest absolute Gasteiger partial charge is 0.479 e. The number of carboxylic acids is 1. The third-order valence-electron chi connectivity index (χ3n) is 1.49. The van der Waals surface area contributed by atoms with Gasteiger partial charge in [0.25, 0.3) is 0 Å². The first-order valence-corrected chi connectivity index (χ1v) is 5.25. The van der Waals surface area contributed by atoms with Crippen LogP contribution in [0.3, 0.4) is 0 Å².